The van der Waals surface area contributed by atoms with Gasteiger partial charge in [0.05, 0.1) is 12.3 Å². The molecule has 5 nitrogen and oxygen atoms in total. The Morgan fingerprint density at radius 2 is 2.00 bits per heavy atom. The Morgan fingerprint density at radius 3 is 2.78 bits per heavy atom. The third-order valence-corrected chi connectivity index (χ3v) is 4.46. The van der Waals surface area contributed by atoms with Crippen molar-refractivity contribution in [3.8, 4) is 5.75 Å². The first kappa shape index (κ1) is 14.2. The smallest absolute Gasteiger partial charge is 0.226 e. The van der Waals surface area contributed by atoms with Gasteiger partial charge in [-0.05, 0) is 48.9 Å². The third-order valence-electron chi connectivity index (χ3n) is 4.46. The zero-order chi connectivity index (χ0) is 15.6. The lowest BCUT2D eigenvalue weighted by atomic mass is 9.90. The molecule has 5 heteroatoms. The van der Waals surface area contributed by atoms with Crippen LogP contribution in [0.15, 0.2) is 36.4 Å². The molecule has 118 valence electrons. The molecule has 1 N–H and O–H groups in total. The Morgan fingerprint density at radius 1 is 1.13 bits per heavy atom. The number of hydrogen-bond acceptors (Lipinski definition) is 4. The highest BCUT2D eigenvalue weighted by Crippen LogP contribution is 2.38. The van der Waals surface area contributed by atoms with E-state index >= 15 is 0 Å². The lowest BCUT2D eigenvalue weighted by molar-refractivity contribution is -0.116. The second-order valence-corrected chi connectivity index (χ2v) is 6.24. The van der Waals surface area contributed by atoms with Crippen LogP contribution in [0.3, 0.4) is 0 Å². The number of para-hydroxylation sites is 1. The molecule has 1 atom stereocenters. The number of rotatable bonds is 4. The first-order chi connectivity index (χ1) is 11.3. The number of carbonyl (C=O) groups excluding carboxylic acids is 1. The molecule has 4 rings (SSSR count). The van der Waals surface area contributed by atoms with Crippen LogP contribution in [0.5, 0.6) is 5.75 Å². The van der Waals surface area contributed by atoms with Gasteiger partial charge in [0.1, 0.15) is 5.75 Å². The van der Waals surface area contributed by atoms with Crippen molar-refractivity contribution in [1.82, 2.24) is 10.2 Å². The number of hydrogen-bond donors (Lipinski definition) is 1. The minimum absolute atomic E-state index is 0.0276. The number of ether oxygens (including phenoxy) is 1. The zero-order valence-electron chi connectivity index (χ0n) is 12.9. The summed E-state index contributed by atoms with van der Waals surface area (Å²) in [7, 11) is 0. The number of amides is 1. The van der Waals surface area contributed by atoms with Gasteiger partial charge in [-0.25, -0.2) is 0 Å². The van der Waals surface area contributed by atoms with E-state index in [9.17, 15) is 4.79 Å². The summed E-state index contributed by atoms with van der Waals surface area (Å²) in [6.07, 6.45) is 3.69. The van der Waals surface area contributed by atoms with Gasteiger partial charge in [-0.3, -0.25) is 4.79 Å². The molecule has 1 aliphatic carbocycles. The summed E-state index contributed by atoms with van der Waals surface area (Å²) in [6.45, 7) is 0.658. The Labute approximate surface area is 135 Å². The van der Waals surface area contributed by atoms with Crippen molar-refractivity contribution in [3.05, 3.63) is 47.7 Å². The van der Waals surface area contributed by atoms with Gasteiger partial charge in [0.15, 0.2) is 5.82 Å². The molecule has 23 heavy (non-hydrogen) atoms. The Hall–Kier alpha value is -2.43. The number of carbonyl (C=O) groups is 1. The molecule has 1 saturated carbocycles. The predicted octanol–water partition coefficient (Wildman–Crippen LogP) is 3.25. The van der Waals surface area contributed by atoms with Crippen LogP contribution in [-0.2, 0) is 4.79 Å². The van der Waals surface area contributed by atoms with Crippen molar-refractivity contribution in [1.29, 1.82) is 0 Å². The van der Waals surface area contributed by atoms with Crippen LogP contribution >= 0.6 is 0 Å². The lowest BCUT2D eigenvalue weighted by Gasteiger charge is -2.25. The Bertz CT molecular complexity index is 710. The highest BCUT2D eigenvalue weighted by Gasteiger charge is 2.26. The summed E-state index contributed by atoms with van der Waals surface area (Å²) < 4.78 is 5.64. The molecule has 0 radical (unpaired) electrons. The fourth-order valence-corrected chi connectivity index (χ4v) is 3.05. The molecule has 1 aliphatic heterocycles. The minimum Gasteiger partial charge on any atom is -0.493 e. The highest BCUT2D eigenvalue weighted by molar-refractivity contribution is 5.90. The maximum atomic E-state index is 12.3. The number of anilines is 1. The first-order valence-corrected chi connectivity index (χ1v) is 8.15. The first-order valence-electron chi connectivity index (χ1n) is 8.15. The van der Waals surface area contributed by atoms with Gasteiger partial charge >= 0.3 is 0 Å². The van der Waals surface area contributed by atoms with E-state index in [2.05, 4.69) is 15.5 Å². The van der Waals surface area contributed by atoms with Crippen molar-refractivity contribution >= 4 is 11.7 Å². The van der Waals surface area contributed by atoms with Crippen LogP contribution < -0.4 is 10.1 Å². The van der Waals surface area contributed by atoms with Crippen molar-refractivity contribution in [2.45, 2.75) is 37.5 Å². The summed E-state index contributed by atoms with van der Waals surface area (Å²) in [5, 5.41) is 11.2. The summed E-state index contributed by atoms with van der Waals surface area (Å²) >= 11 is 0. The molecule has 1 fully saturated rings. The van der Waals surface area contributed by atoms with Crippen LogP contribution in [0.2, 0.25) is 0 Å². The highest BCUT2D eigenvalue weighted by atomic mass is 16.5. The van der Waals surface area contributed by atoms with Crippen LogP contribution in [0.4, 0.5) is 5.82 Å². The van der Waals surface area contributed by atoms with Gasteiger partial charge in [0.2, 0.25) is 5.91 Å². The second kappa shape index (κ2) is 5.99. The maximum absolute atomic E-state index is 12.3. The van der Waals surface area contributed by atoms with Crippen LogP contribution in [0.1, 0.15) is 48.8 Å². The largest absolute Gasteiger partial charge is 0.493 e. The van der Waals surface area contributed by atoms with E-state index < -0.39 is 0 Å². The molecule has 1 aromatic carbocycles. The van der Waals surface area contributed by atoms with E-state index in [4.69, 9.17) is 4.74 Å². The Kier molecular flexibility index (Phi) is 3.69. The standard InChI is InChI=1S/C18H19N3O2/c22-18(19-17-8-7-15(20-21-17)12-5-6-12)11-13-9-10-23-16-4-2-1-3-14(13)16/h1-4,7-8,12-13H,5-6,9-11H2,(H,19,21,22)/t13-/m1/s1. The van der Waals surface area contributed by atoms with Gasteiger partial charge < -0.3 is 10.1 Å². The van der Waals surface area contributed by atoms with E-state index in [1.54, 1.807) is 0 Å². The fraction of sp³-hybridized carbons (Fsp3) is 0.389. The maximum Gasteiger partial charge on any atom is 0.226 e. The molecule has 0 bridgehead atoms. The number of benzene rings is 1. The zero-order valence-corrected chi connectivity index (χ0v) is 12.9. The molecule has 2 heterocycles. The van der Waals surface area contributed by atoms with Gasteiger partial charge in [0.25, 0.3) is 0 Å². The van der Waals surface area contributed by atoms with Crippen LogP contribution in [0, 0.1) is 0 Å². The van der Waals surface area contributed by atoms with E-state index in [1.165, 1.54) is 12.8 Å². The molecule has 0 saturated heterocycles. The normalized spacial score (nSPS) is 19.6. The summed E-state index contributed by atoms with van der Waals surface area (Å²) in [5.74, 6) is 2.16. The molecule has 1 aromatic heterocycles. The predicted molar refractivity (Wildman–Crippen MR) is 86.5 cm³/mol. The molecule has 2 aliphatic rings. The third kappa shape index (κ3) is 3.18. The number of fused-ring (bicyclic) bond motifs is 1. The molecule has 0 spiro atoms. The van der Waals surface area contributed by atoms with Crippen LogP contribution in [0.25, 0.3) is 0 Å². The number of nitrogens with one attached hydrogen (secondary N) is 1. The summed E-state index contributed by atoms with van der Waals surface area (Å²) in [4.78, 5) is 12.3. The fourth-order valence-electron chi connectivity index (χ4n) is 3.05. The quantitative estimate of drug-likeness (QED) is 0.941. The minimum atomic E-state index is -0.0276. The molecular weight excluding hydrogens is 290 g/mol. The van der Waals surface area contributed by atoms with E-state index in [0.29, 0.717) is 24.8 Å². The van der Waals surface area contributed by atoms with Crippen molar-refractivity contribution in [2.75, 3.05) is 11.9 Å². The summed E-state index contributed by atoms with van der Waals surface area (Å²) in [6, 6.07) is 11.7. The van der Waals surface area contributed by atoms with E-state index in [0.717, 1.165) is 23.4 Å². The second-order valence-electron chi connectivity index (χ2n) is 6.24. The number of aromatic nitrogens is 2. The van der Waals surface area contributed by atoms with Gasteiger partial charge in [-0.1, -0.05) is 18.2 Å². The van der Waals surface area contributed by atoms with E-state index in [-0.39, 0.29) is 11.8 Å². The van der Waals surface area contributed by atoms with Crippen LogP contribution in [-0.4, -0.2) is 22.7 Å². The van der Waals surface area contributed by atoms with Gasteiger partial charge in [-0.2, -0.15) is 5.10 Å². The summed E-state index contributed by atoms with van der Waals surface area (Å²) in [5.41, 5.74) is 2.14. The SMILES string of the molecule is O=C(C[C@H]1CCOc2ccccc21)Nc1ccc(C2CC2)nn1. The van der Waals surface area contributed by atoms with Crippen molar-refractivity contribution < 1.29 is 9.53 Å². The molecular formula is C18H19N3O2. The molecule has 2 aromatic rings. The van der Waals surface area contributed by atoms with Crippen molar-refractivity contribution in [3.63, 3.8) is 0 Å². The lowest BCUT2D eigenvalue weighted by Crippen LogP contribution is -2.21. The van der Waals surface area contributed by atoms with Crippen molar-refractivity contribution in [2.24, 2.45) is 0 Å². The van der Waals surface area contributed by atoms with Gasteiger partial charge in [0, 0.05) is 12.3 Å². The van der Waals surface area contributed by atoms with Gasteiger partial charge in [-0.15, -0.1) is 5.10 Å². The number of nitrogens with zero attached hydrogens (tertiary/aromatic N) is 2. The monoisotopic (exact) mass is 309 g/mol. The average molecular weight is 309 g/mol. The molecule has 1 amide bonds. The van der Waals surface area contributed by atoms with E-state index in [1.807, 2.05) is 36.4 Å². The molecule has 0 unspecified atom stereocenters. The topological polar surface area (TPSA) is 64.1 Å². The average Bonchev–Trinajstić information content (AvgIpc) is 3.41. The Balaban J connectivity index is 1.40.